The van der Waals surface area contributed by atoms with E-state index in [2.05, 4.69) is 31.2 Å². The van der Waals surface area contributed by atoms with Crippen molar-refractivity contribution >= 4 is 39.1 Å². The molecule has 1 N–H and O–H groups in total. The summed E-state index contributed by atoms with van der Waals surface area (Å²) < 4.78 is 38.8. The van der Waals surface area contributed by atoms with Crippen LogP contribution in [0.15, 0.2) is 35.1 Å². The molecule has 0 spiro atoms. The van der Waals surface area contributed by atoms with Crippen LogP contribution in [-0.4, -0.2) is 15.9 Å². The molecular weight excluding hydrogens is 375 g/mol. The average molecular weight is 381 g/mol. The van der Waals surface area contributed by atoms with Crippen molar-refractivity contribution in [2.75, 3.05) is 5.32 Å². The van der Waals surface area contributed by atoms with Gasteiger partial charge in [-0.15, -0.1) is 0 Å². The van der Waals surface area contributed by atoms with Crippen molar-refractivity contribution in [3.05, 3.63) is 51.5 Å². The van der Waals surface area contributed by atoms with Gasteiger partial charge in [0.1, 0.15) is 10.3 Å². The Morgan fingerprint density at radius 2 is 2.05 bits per heavy atom. The van der Waals surface area contributed by atoms with Gasteiger partial charge in [-0.3, -0.25) is 4.79 Å². The van der Waals surface area contributed by atoms with Crippen molar-refractivity contribution in [3.63, 3.8) is 0 Å². The summed E-state index contributed by atoms with van der Waals surface area (Å²) in [5, 5.41) is 2.08. The van der Waals surface area contributed by atoms with Gasteiger partial charge in [0.2, 0.25) is 0 Å². The molecule has 21 heavy (non-hydrogen) atoms. The normalized spacial score (nSPS) is 11.3. The van der Waals surface area contributed by atoms with E-state index in [-0.39, 0.29) is 10.7 Å². The van der Waals surface area contributed by atoms with Crippen molar-refractivity contribution in [3.8, 4) is 0 Å². The van der Waals surface area contributed by atoms with Crippen LogP contribution in [-0.2, 0) is 6.18 Å². The number of alkyl halides is 3. The molecule has 0 aliphatic heterocycles. The van der Waals surface area contributed by atoms with E-state index < -0.39 is 23.5 Å². The Balaban J connectivity index is 2.35. The summed E-state index contributed by atoms with van der Waals surface area (Å²) in [6.07, 6.45) is -3.85. The van der Waals surface area contributed by atoms with Gasteiger partial charge in [-0.25, -0.2) is 9.97 Å². The second-order valence-corrected chi connectivity index (χ2v) is 5.10. The minimum Gasteiger partial charge on any atom is -0.319 e. The van der Waals surface area contributed by atoms with Crippen molar-refractivity contribution in [1.82, 2.24) is 9.97 Å². The first-order valence-corrected chi connectivity index (χ1v) is 6.61. The zero-order valence-corrected chi connectivity index (χ0v) is 12.4. The van der Waals surface area contributed by atoms with E-state index >= 15 is 0 Å². The highest BCUT2D eigenvalue weighted by molar-refractivity contribution is 9.10. The molecule has 9 heteroatoms. The second kappa shape index (κ2) is 5.98. The Hall–Kier alpha value is -1.67. The fourth-order valence-corrected chi connectivity index (χ4v) is 1.98. The highest BCUT2D eigenvalue weighted by atomic mass is 79.9. The molecule has 2 aromatic heterocycles. The Labute approximate surface area is 130 Å². The Morgan fingerprint density at radius 1 is 1.33 bits per heavy atom. The first-order valence-electron chi connectivity index (χ1n) is 5.44. The zero-order chi connectivity index (χ0) is 15.6. The number of hydrogen-bond acceptors (Lipinski definition) is 3. The van der Waals surface area contributed by atoms with Crippen LogP contribution < -0.4 is 5.32 Å². The van der Waals surface area contributed by atoms with Crippen LogP contribution in [0.4, 0.5) is 18.9 Å². The van der Waals surface area contributed by atoms with Crippen LogP contribution in [0, 0.1) is 0 Å². The van der Waals surface area contributed by atoms with E-state index in [4.69, 9.17) is 11.6 Å². The fraction of sp³-hybridized carbons (Fsp3) is 0.0833. The van der Waals surface area contributed by atoms with E-state index in [1.807, 2.05) is 0 Å². The molecular formula is C12H6BrClF3N3O. The molecule has 0 radical (unpaired) electrons. The molecule has 0 aromatic carbocycles. The summed E-state index contributed by atoms with van der Waals surface area (Å²) in [4.78, 5) is 19.0. The summed E-state index contributed by atoms with van der Waals surface area (Å²) in [6.45, 7) is 0. The van der Waals surface area contributed by atoms with Crippen LogP contribution in [0.2, 0.25) is 5.02 Å². The number of hydrogen-bond donors (Lipinski definition) is 1. The van der Waals surface area contributed by atoms with Crippen LogP contribution in [0.5, 0.6) is 0 Å². The minimum absolute atomic E-state index is 0.0273. The first kappa shape index (κ1) is 15.7. The standard InChI is InChI=1S/C12H6BrClF3N3O/c13-9-3-1-2-7(19-9)11(21)20-8-4-6(14)5-18-10(8)12(15,16)17/h1-5H,(H,20,21). The maximum atomic E-state index is 12.8. The summed E-state index contributed by atoms with van der Waals surface area (Å²) in [7, 11) is 0. The molecule has 0 saturated heterocycles. The van der Waals surface area contributed by atoms with E-state index in [0.29, 0.717) is 4.60 Å². The van der Waals surface area contributed by atoms with Crippen LogP contribution in [0.25, 0.3) is 0 Å². The third-order valence-electron chi connectivity index (χ3n) is 2.32. The number of carbonyl (C=O) groups excluding carboxylic acids is 1. The molecule has 0 aliphatic carbocycles. The summed E-state index contributed by atoms with van der Waals surface area (Å²) in [6, 6.07) is 5.46. The van der Waals surface area contributed by atoms with Gasteiger partial charge < -0.3 is 5.32 Å². The van der Waals surface area contributed by atoms with Gasteiger partial charge in [0, 0.05) is 6.20 Å². The lowest BCUT2D eigenvalue weighted by molar-refractivity contribution is -0.140. The van der Waals surface area contributed by atoms with E-state index in [0.717, 1.165) is 12.3 Å². The number of halogens is 5. The van der Waals surface area contributed by atoms with E-state index in [1.165, 1.54) is 12.1 Å². The van der Waals surface area contributed by atoms with Gasteiger partial charge >= 0.3 is 6.18 Å². The van der Waals surface area contributed by atoms with Gasteiger partial charge in [-0.1, -0.05) is 17.7 Å². The van der Waals surface area contributed by atoms with Crippen molar-refractivity contribution < 1.29 is 18.0 Å². The van der Waals surface area contributed by atoms with Gasteiger partial charge in [-0.05, 0) is 34.1 Å². The maximum Gasteiger partial charge on any atom is 0.435 e. The lowest BCUT2D eigenvalue weighted by atomic mass is 10.2. The van der Waals surface area contributed by atoms with Crippen molar-refractivity contribution in [2.24, 2.45) is 0 Å². The summed E-state index contributed by atoms with van der Waals surface area (Å²) in [5.41, 5.74) is -1.80. The number of aromatic nitrogens is 2. The van der Waals surface area contributed by atoms with Crippen LogP contribution in [0.1, 0.15) is 16.2 Å². The Bertz CT molecular complexity index is 694. The molecule has 0 atom stereocenters. The average Bonchev–Trinajstić information content (AvgIpc) is 2.37. The highest BCUT2D eigenvalue weighted by Crippen LogP contribution is 2.34. The number of nitrogens with zero attached hydrogens (tertiary/aromatic N) is 2. The topological polar surface area (TPSA) is 54.9 Å². The summed E-state index contributed by atoms with van der Waals surface area (Å²) in [5.74, 6) is -0.800. The zero-order valence-electron chi connectivity index (χ0n) is 10.1. The van der Waals surface area contributed by atoms with Crippen LogP contribution in [0.3, 0.4) is 0 Å². The number of nitrogens with one attached hydrogen (secondary N) is 1. The largest absolute Gasteiger partial charge is 0.435 e. The lowest BCUT2D eigenvalue weighted by Crippen LogP contribution is -2.18. The number of rotatable bonds is 2. The van der Waals surface area contributed by atoms with Crippen molar-refractivity contribution in [2.45, 2.75) is 6.18 Å². The van der Waals surface area contributed by atoms with E-state index in [9.17, 15) is 18.0 Å². The molecule has 1 amide bonds. The SMILES string of the molecule is O=C(Nc1cc(Cl)cnc1C(F)(F)F)c1cccc(Br)n1. The number of amides is 1. The Kier molecular flexibility index (Phi) is 4.48. The molecule has 0 fully saturated rings. The molecule has 2 aromatic rings. The van der Waals surface area contributed by atoms with Crippen LogP contribution >= 0.6 is 27.5 Å². The molecule has 0 saturated carbocycles. The molecule has 2 rings (SSSR count). The fourth-order valence-electron chi connectivity index (χ4n) is 1.48. The third-order valence-corrected chi connectivity index (χ3v) is 2.97. The number of anilines is 1. The predicted molar refractivity (Wildman–Crippen MR) is 74.1 cm³/mol. The van der Waals surface area contributed by atoms with Gasteiger partial charge in [-0.2, -0.15) is 13.2 Å². The van der Waals surface area contributed by atoms with Gasteiger partial charge in [0.05, 0.1) is 10.7 Å². The molecule has 2 heterocycles. The molecule has 0 aliphatic rings. The molecule has 0 unspecified atom stereocenters. The lowest BCUT2D eigenvalue weighted by Gasteiger charge is -2.12. The number of pyridine rings is 2. The second-order valence-electron chi connectivity index (χ2n) is 3.85. The Morgan fingerprint density at radius 3 is 2.67 bits per heavy atom. The monoisotopic (exact) mass is 379 g/mol. The van der Waals surface area contributed by atoms with E-state index in [1.54, 1.807) is 6.07 Å². The first-order chi connectivity index (χ1) is 9.77. The number of carbonyl (C=O) groups is 1. The smallest absolute Gasteiger partial charge is 0.319 e. The van der Waals surface area contributed by atoms with Crippen molar-refractivity contribution in [1.29, 1.82) is 0 Å². The predicted octanol–water partition coefficient (Wildman–Crippen LogP) is 4.16. The van der Waals surface area contributed by atoms with Gasteiger partial charge in [0.25, 0.3) is 5.91 Å². The maximum absolute atomic E-state index is 12.8. The minimum atomic E-state index is -4.71. The quantitative estimate of drug-likeness (QED) is 0.796. The third kappa shape index (κ3) is 3.92. The van der Waals surface area contributed by atoms with Gasteiger partial charge in [0.15, 0.2) is 5.69 Å². The summed E-state index contributed by atoms with van der Waals surface area (Å²) >= 11 is 8.69. The highest BCUT2D eigenvalue weighted by Gasteiger charge is 2.36. The molecule has 4 nitrogen and oxygen atoms in total. The molecule has 110 valence electrons. The molecule has 0 bridgehead atoms.